The molecule has 108 valence electrons. The molecule has 3 N–H and O–H groups in total. The number of hydrogen-bond acceptors (Lipinski definition) is 3. The number of piperazine rings is 1. The lowest BCUT2D eigenvalue weighted by molar-refractivity contribution is 0.248. The van der Waals surface area contributed by atoms with Crippen molar-refractivity contribution in [1.29, 1.82) is 5.41 Å². The number of nitrogens with zero attached hydrogens (tertiary/aromatic N) is 2. The number of nitrogens with one attached hydrogen (secondary N) is 1. The zero-order valence-electron chi connectivity index (χ0n) is 11.6. The van der Waals surface area contributed by atoms with Crippen LogP contribution in [-0.2, 0) is 0 Å². The Labute approximate surface area is 128 Å². The van der Waals surface area contributed by atoms with Crippen LogP contribution in [0.1, 0.15) is 18.4 Å². The quantitative estimate of drug-likeness (QED) is 0.655. The van der Waals surface area contributed by atoms with Crippen LogP contribution in [0.2, 0.25) is 0 Å². The lowest BCUT2D eigenvalue weighted by atomic mass is 10.1. The van der Waals surface area contributed by atoms with Crippen LogP contribution >= 0.6 is 15.9 Å². The Bertz CT molecular complexity index is 505. The molecular weight excluding hydrogens is 316 g/mol. The van der Waals surface area contributed by atoms with Gasteiger partial charge in [-0.25, -0.2) is 0 Å². The molecule has 0 amide bonds. The molecule has 0 radical (unpaired) electrons. The predicted octanol–water partition coefficient (Wildman–Crippen LogP) is 2.27. The molecule has 2 fully saturated rings. The van der Waals surface area contributed by atoms with Gasteiger partial charge in [0.1, 0.15) is 5.84 Å². The Balaban J connectivity index is 1.62. The van der Waals surface area contributed by atoms with Gasteiger partial charge < -0.3 is 10.6 Å². The van der Waals surface area contributed by atoms with Gasteiger partial charge in [-0.05, 0) is 52.9 Å². The maximum absolute atomic E-state index is 7.52. The van der Waals surface area contributed by atoms with Crippen LogP contribution in [0.5, 0.6) is 0 Å². The highest BCUT2D eigenvalue weighted by Gasteiger charge is 2.26. The van der Waals surface area contributed by atoms with Gasteiger partial charge >= 0.3 is 0 Å². The van der Waals surface area contributed by atoms with Gasteiger partial charge in [-0.3, -0.25) is 10.3 Å². The van der Waals surface area contributed by atoms with E-state index in [1.807, 2.05) is 6.07 Å². The molecule has 1 aliphatic carbocycles. The van der Waals surface area contributed by atoms with Crippen LogP contribution in [0.4, 0.5) is 5.69 Å². The summed E-state index contributed by atoms with van der Waals surface area (Å²) in [7, 11) is 0. The fourth-order valence-corrected chi connectivity index (χ4v) is 3.35. The van der Waals surface area contributed by atoms with Crippen LogP contribution < -0.4 is 10.6 Å². The summed E-state index contributed by atoms with van der Waals surface area (Å²) in [6.07, 6.45) is 2.86. The standard InChI is InChI=1S/C15H21BrN4/c16-14-9-12(3-4-13(14)15(17)18)20-7-5-19(6-8-20)10-11-1-2-11/h3-4,9,11H,1-2,5-8,10H2,(H3,17,18). The third-order valence-corrected chi connectivity index (χ3v) is 4.85. The Hall–Kier alpha value is -1.07. The fraction of sp³-hybridized carbons (Fsp3) is 0.533. The molecule has 20 heavy (non-hydrogen) atoms. The largest absolute Gasteiger partial charge is 0.384 e. The van der Waals surface area contributed by atoms with Gasteiger partial charge in [0.25, 0.3) is 0 Å². The molecule has 1 aromatic rings. The van der Waals surface area contributed by atoms with Crippen LogP contribution in [0, 0.1) is 11.3 Å². The summed E-state index contributed by atoms with van der Waals surface area (Å²) >= 11 is 3.51. The molecule has 4 nitrogen and oxygen atoms in total. The highest BCUT2D eigenvalue weighted by Crippen LogP contribution is 2.30. The minimum atomic E-state index is 0.109. The van der Waals surface area contributed by atoms with Gasteiger partial charge in [0, 0.05) is 48.4 Å². The van der Waals surface area contributed by atoms with Crippen LogP contribution in [0.3, 0.4) is 0 Å². The number of anilines is 1. The van der Waals surface area contributed by atoms with Crippen molar-refractivity contribution in [3.63, 3.8) is 0 Å². The van der Waals surface area contributed by atoms with Crippen LogP contribution in [0.25, 0.3) is 0 Å². The molecule has 5 heteroatoms. The van der Waals surface area contributed by atoms with Gasteiger partial charge in [0.2, 0.25) is 0 Å². The van der Waals surface area contributed by atoms with Crippen molar-refractivity contribution in [1.82, 2.24) is 4.90 Å². The molecule has 1 saturated carbocycles. The number of rotatable bonds is 4. The van der Waals surface area contributed by atoms with E-state index >= 15 is 0 Å². The number of nitrogens with two attached hydrogens (primary N) is 1. The normalized spacial score (nSPS) is 20.1. The summed E-state index contributed by atoms with van der Waals surface area (Å²) in [5.74, 6) is 1.09. The van der Waals surface area contributed by atoms with Crippen molar-refractivity contribution in [2.24, 2.45) is 11.7 Å². The van der Waals surface area contributed by atoms with Crippen molar-refractivity contribution >= 4 is 27.5 Å². The molecule has 1 aromatic carbocycles. The molecular formula is C15H21BrN4. The molecule has 0 aromatic heterocycles. The highest BCUT2D eigenvalue weighted by molar-refractivity contribution is 9.10. The fourth-order valence-electron chi connectivity index (χ4n) is 2.77. The van der Waals surface area contributed by atoms with E-state index in [1.165, 1.54) is 25.1 Å². The molecule has 0 unspecified atom stereocenters. The van der Waals surface area contributed by atoms with E-state index in [0.717, 1.165) is 42.1 Å². The van der Waals surface area contributed by atoms with E-state index in [2.05, 4.69) is 37.9 Å². The van der Waals surface area contributed by atoms with Crippen LogP contribution in [-0.4, -0.2) is 43.5 Å². The third-order valence-electron chi connectivity index (χ3n) is 4.19. The van der Waals surface area contributed by atoms with Gasteiger partial charge in [-0.15, -0.1) is 0 Å². The SMILES string of the molecule is N=C(N)c1ccc(N2CCN(CC3CC3)CC2)cc1Br. The second kappa shape index (κ2) is 5.74. The van der Waals surface area contributed by atoms with Crippen molar-refractivity contribution in [3.05, 3.63) is 28.2 Å². The zero-order valence-corrected chi connectivity index (χ0v) is 13.2. The number of amidine groups is 1. The molecule has 0 spiro atoms. The maximum atomic E-state index is 7.52. The highest BCUT2D eigenvalue weighted by atomic mass is 79.9. The van der Waals surface area contributed by atoms with Crippen molar-refractivity contribution in [2.45, 2.75) is 12.8 Å². The third kappa shape index (κ3) is 3.15. The number of hydrogen-bond donors (Lipinski definition) is 2. The first-order valence-electron chi connectivity index (χ1n) is 7.25. The van der Waals surface area contributed by atoms with E-state index in [1.54, 1.807) is 0 Å². The monoisotopic (exact) mass is 336 g/mol. The summed E-state index contributed by atoms with van der Waals surface area (Å²) in [6, 6.07) is 6.07. The predicted molar refractivity (Wildman–Crippen MR) is 86.5 cm³/mol. The Morgan fingerprint density at radius 3 is 2.50 bits per heavy atom. The second-order valence-electron chi connectivity index (χ2n) is 5.81. The maximum Gasteiger partial charge on any atom is 0.123 e. The molecule has 0 bridgehead atoms. The van der Waals surface area contributed by atoms with Crippen molar-refractivity contribution in [2.75, 3.05) is 37.6 Å². The minimum Gasteiger partial charge on any atom is -0.384 e. The first kappa shape index (κ1) is 13.9. The van der Waals surface area contributed by atoms with Gasteiger partial charge in [0.05, 0.1) is 0 Å². The number of benzene rings is 1. The summed E-state index contributed by atoms with van der Waals surface area (Å²) in [4.78, 5) is 5.01. The second-order valence-corrected chi connectivity index (χ2v) is 6.66. The minimum absolute atomic E-state index is 0.109. The Morgan fingerprint density at radius 1 is 1.25 bits per heavy atom. The average molecular weight is 337 g/mol. The summed E-state index contributed by atoms with van der Waals surface area (Å²) in [5.41, 5.74) is 7.53. The summed E-state index contributed by atoms with van der Waals surface area (Å²) < 4.78 is 0.905. The van der Waals surface area contributed by atoms with Crippen molar-refractivity contribution in [3.8, 4) is 0 Å². The summed E-state index contributed by atoms with van der Waals surface area (Å²) in [5, 5.41) is 7.52. The Kier molecular flexibility index (Phi) is 3.98. The lowest BCUT2D eigenvalue weighted by Crippen LogP contribution is -2.47. The molecule has 1 heterocycles. The zero-order chi connectivity index (χ0) is 14.1. The van der Waals surface area contributed by atoms with Gasteiger partial charge in [0.15, 0.2) is 0 Å². The molecule has 2 aliphatic rings. The first-order valence-corrected chi connectivity index (χ1v) is 8.04. The van der Waals surface area contributed by atoms with E-state index in [9.17, 15) is 0 Å². The molecule has 3 rings (SSSR count). The lowest BCUT2D eigenvalue weighted by Gasteiger charge is -2.36. The van der Waals surface area contributed by atoms with E-state index in [-0.39, 0.29) is 5.84 Å². The van der Waals surface area contributed by atoms with Crippen LogP contribution in [0.15, 0.2) is 22.7 Å². The summed E-state index contributed by atoms with van der Waals surface area (Å²) in [6.45, 7) is 5.77. The number of halogens is 1. The number of nitrogen functional groups attached to an aromatic ring is 1. The Morgan fingerprint density at radius 2 is 1.95 bits per heavy atom. The molecule has 0 atom stereocenters. The van der Waals surface area contributed by atoms with E-state index in [4.69, 9.17) is 11.1 Å². The van der Waals surface area contributed by atoms with Gasteiger partial charge in [-0.1, -0.05) is 0 Å². The molecule has 1 aliphatic heterocycles. The average Bonchev–Trinajstić information content (AvgIpc) is 3.23. The van der Waals surface area contributed by atoms with E-state index in [0.29, 0.717) is 0 Å². The smallest absolute Gasteiger partial charge is 0.123 e. The van der Waals surface area contributed by atoms with Gasteiger partial charge in [-0.2, -0.15) is 0 Å². The first-order chi connectivity index (χ1) is 9.63. The topological polar surface area (TPSA) is 56.4 Å². The molecule has 1 saturated heterocycles. The van der Waals surface area contributed by atoms with Crippen molar-refractivity contribution < 1.29 is 0 Å². The van der Waals surface area contributed by atoms with E-state index < -0.39 is 0 Å².